The summed E-state index contributed by atoms with van der Waals surface area (Å²) in [5, 5.41) is 7.21. The summed E-state index contributed by atoms with van der Waals surface area (Å²) in [7, 11) is 1.76. The van der Waals surface area contributed by atoms with Crippen LogP contribution in [0.4, 0.5) is 4.39 Å². The van der Waals surface area contributed by atoms with Crippen LogP contribution in [0.3, 0.4) is 0 Å². The first-order chi connectivity index (χ1) is 12.1. The zero-order valence-electron chi connectivity index (χ0n) is 14.6. The van der Waals surface area contributed by atoms with Gasteiger partial charge in [0.05, 0.1) is 0 Å². The van der Waals surface area contributed by atoms with Crippen LogP contribution >= 0.6 is 35.6 Å². The number of nitrogens with one attached hydrogen (secondary N) is 2. The number of rotatable bonds is 6. The zero-order chi connectivity index (χ0) is 17.7. The van der Waals surface area contributed by atoms with E-state index in [4.69, 9.17) is 11.6 Å². The Morgan fingerprint density at radius 3 is 2.50 bits per heavy atom. The molecule has 1 aromatic carbocycles. The van der Waals surface area contributed by atoms with Crippen molar-refractivity contribution in [2.75, 3.05) is 20.1 Å². The van der Waals surface area contributed by atoms with Crippen molar-refractivity contribution in [1.82, 2.24) is 15.6 Å². The Kier molecular flexibility index (Phi) is 7.64. The number of aromatic nitrogens is 1. The highest BCUT2D eigenvalue weighted by molar-refractivity contribution is 14.0. The van der Waals surface area contributed by atoms with E-state index in [2.05, 4.69) is 20.6 Å². The molecule has 1 heterocycles. The summed E-state index contributed by atoms with van der Waals surface area (Å²) >= 11 is 5.79. The van der Waals surface area contributed by atoms with Crippen LogP contribution in [0.5, 0.6) is 0 Å². The molecule has 0 bridgehead atoms. The van der Waals surface area contributed by atoms with Crippen molar-refractivity contribution in [2.24, 2.45) is 4.99 Å². The maximum absolute atomic E-state index is 13.1. The summed E-state index contributed by atoms with van der Waals surface area (Å²) in [6, 6.07) is 10.6. The summed E-state index contributed by atoms with van der Waals surface area (Å²) in [5.41, 5.74) is 2.41. The molecule has 2 aromatic rings. The maximum Gasteiger partial charge on any atom is 0.191 e. The molecule has 1 aliphatic carbocycles. The van der Waals surface area contributed by atoms with Gasteiger partial charge in [-0.3, -0.25) is 4.99 Å². The highest BCUT2D eigenvalue weighted by Crippen LogP contribution is 2.47. The standard InChI is InChI=1S/C19H22ClFN4.HI/c1-22-18(23-11-8-14-2-7-17(20)24-12-14)25-13-19(9-10-19)15-3-5-16(21)6-4-15;/h2-7,12H,8-11,13H2,1H3,(H2,22,23,25);1H. The Bertz CT molecular complexity index is 730. The normalized spacial score (nSPS) is 15.1. The molecule has 1 aliphatic rings. The summed E-state index contributed by atoms with van der Waals surface area (Å²) < 4.78 is 13.1. The molecule has 1 fully saturated rings. The highest BCUT2D eigenvalue weighted by Gasteiger charge is 2.44. The fourth-order valence-corrected chi connectivity index (χ4v) is 2.99. The topological polar surface area (TPSA) is 49.3 Å². The molecule has 3 rings (SSSR count). The van der Waals surface area contributed by atoms with Gasteiger partial charge in [0.15, 0.2) is 5.96 Å². The third-order valence-corrected chi connectivity index (χ3v) is 4.85. The zero-order valence-corrected chi connectivity index (χ0v) is 17.7. The van der Waals surface area contributed by atoms with Gasteiger partial charge < -0.3 is 10.6 Å². The molecule has 2 N–H and O–H groups in total. The number of pyridine rings is 1. The molecule has 26 heavy (non-hydrogen) atoms. The quantitative estimate of drug-likeness (QED) is 0.280. The number of nitrogens with zero attached hydrogens (tertiary/aromatic N) is 2. The lowest BCUT2D eigenvalue weighted by Gasteiger charge is -2.19. The van der Waals surface area contributed by atoms with Crippen molar-refractivity contribution in [3.05, 3.63) is 64.7 Å². The fourth-order valence-electron chi connectivity index (χ4n) is 2.87. The second kappa shape index (κ2) is 9.50. The lowest BCUT2D eigenvalue weighted by Crippen LogP contribution is -2.42. The number of benzene rings is 1. The summed E-state index contributed by atoms with van der Waals surface area (Å²) in [4.78, 5) is 8.35. The Labute approximate surface area is 175 Å². The Morgan fingerprint density at radius 2 is 1.92 bits per heavy atom. The van der Waals surface area contributed by atoms with Crippen LogP contribution in [0.1, 0.15) is 24.0 Å². The van der Waals surface area contributed by atoms with Crippen molar-refractivity contribution in [3.8, 4) is 0 Å². The second-order valence-electron chi connectivity index (χ2n) is 6.38. The van der Waals surface area contributed by atoms with Gasteiger partial charge in [-0.2, -0.15) is 0 Å². The van der Waals surface area contributed by atoms with E-state index in [1.165, 1.54) is 17.7 Å². The lowest BCUT2D eigenvalue weighted by atomic mass is 9.96. The number of aliphatic imine (C=N–C) groups is 1. The maximum atomic E-state index is 13.1. The molecule has 0 saturated heterocycles. The molecule has 0 radical (unpaired) electrons. The van der Waals surface area contributed by atoms with E-state index in [1.54, 1.807) is 19.3 Å². The SMILES string of the molecule is CN=C(NCCc1ccc(Cl)nc1)NCC1(c2ccc(F)cc2)CC1.I. The number of halogens is 3. The molecule has 0 atom stereocenters. The first kappa shape index (κ1) is 20.9. The van der Waals surface area contributed by atoms with Gasteiger partial charge in [0.2, 0.25) is 0 Å². The Morgan fingerprint density at radius 1 is 1.19 bits per heavy atom. The summed E-state index contributed by atoms with van der Waals surface area (Å²) in [6.45, 7) is 1.55. The van der Waals surface area contributed by atoms with Crippen LogP contribution in [0.15, 0.2) is 47.6 Å². The molecule has 0 unspecified atom stereocenters. The predicted octanol–water partition coefficient (Wildman–Crippen LogP) is 3.93. The van der Waals surface area contributed by atoms with Crippen LogP contribution in [0.2, 0.25) is 5.15 Å². The highest BCUT2D eigenvalue weighted by atomic mass is 127. The van der Waals surface area contributed by atoms with Gasteiger partial charge in [-0.05, 0) is 48.6 Å². The van der Waals surface area contributed by atoms with Gasteiger partial charge >= 0.3 is 0 Å². The Hall–Kier alpha value is -1.41. The van der Waals surface area contributed by atoms with Gasteiger partial charge in [-0.1, -0.05) is 29.8 Å². The Balaban J connectivity index is 0.00000243. The number of hydrogen-bond acceptors (Lipinski definition) is 2. The van der Waals surface area contributed by atoms with Crippen LogP contribution in [-0.4, -0.2) is 31.1 Å². The van der Waals surface area contributed by atoms with Crippen molar-refractivity contribution >= 4 is 41.5 Å². The minimum atomic E-state index is -0.193. The summed E-state index contributed by atoms with van der Waals surface area (Å²) in [6.07, 6.45) is 4.85. The minimum Gasteiger partial charge on any atom is -0.356 e. The third-order valence-electron chi connectivity index (χ3n) is 4.62. The number of guanidine groups is 1. The lowest BCUT2D eigenvalue weighted by molar-refractivity contribution is 0.617. The van der Waals surface area contributed by atoms with Gasteiger partial charge in [0.1, 0.15) is 11.0 Å². The number of hydrogen-bond donors (Lipinski definition) is 2. The van der Waals surface area contributed by atoms with Crippen molar-refractivity contribution < 1.29 is 4.39 Å². The first-order valence-electron chi connectivity index (χ1n) is 8.42. The van der Waals surface area contributed by atoms with Gasteiger partial charge in [-0.15, -0.1) is 24.0 Å². The average Bonchev–Trinajstić information content (AvgIpc) is 3.41. The molecule has 1 saturated carbocycles. The predicted molar refractivity (Wildman–Crippen MR) is 115 cm³/mol. The van der Waals surface area contributed by atoms with Crippen LogP contribution < -0.4 is 10.6 Å². The van der Waals surface area contributed by atoms with E-state index in [9.17, 15) is 4.39 Å². The molecule has 4 nitrogen and oxygen atoms in total. The van der Waals surface area contributed by atoms with E-state index in [0.717, 1.165) is 43.9 Å². The van der Waals surface area contributed by atoms with Crippen LogP contribution in [-0.2, 0) is 11.8 Å². The van der Waals surface area contributed by atoms with Crippen molar-refractivity contribution in [2.45, 2.75) is 24.7 Å². The molecular weight excluding hydrogens is 466 g/mol. The molecule has 7 heteroatoms. The van der Waals surface area contributed by atoms with Crippen LogP contribution in [0.25, 0.3) is 0 Å². The van der Waals surface area contributed by atoms with Crippen molar-refractivity contribution in [3.63, 3.8) is 0 Å². The van der Waals surface area contributed by atoms with Gasteiger partial charge in [-0.25, -0.2) is 9.37 Å². The molecule has 0 spiro atoms. The second-order valence-corrected chi connectivity index (χ2v) is 6.77. The van der Waals surface area contributed by atoms with E-state index in [0.29, 0.717) is 5.15 Å². The fraction of sp³-hybridized carbons (Fsp3) is 0.368. The minimum absolute atomic E-state index is 0. The molecular formula is C19H23ClFIN4. The third kappa shape index (κ3) is 5.54. The molecule has 0 aliphatic heterocycles. The molecule has 1 aromatic heterocycles. The van der Waals surface area contributed by atoms with Crippen molar-refractivity contribution in [1.29, 1.82) is 0 Å². The van der Waals surface area contributed by atoms with E-state index < -0.39 is 0 Å². The molecule has 0 amide bonds. The molecule has 140 valence electrons. The van der Waals surface area contributed by atoms with E-state index in [1.807, 2.05) is 18.2 Å². The van der Waals surface area contributed by atoms with Crippen LogP contribution in [0, 0.1) is 5.82 Å². The monoisotopic (exact) mass is 488 g/mol. The van der Waals surface area contributed by atoms with Gasteiger partial charge in [0, 0.05) is 31.7 Å². The van der Waals surface area contributed by atoms with Gasteiger partial charge in [0.25, 0.3) is 0 Å². The van der Waals surface area contributed by atoms with E-state index >= 15 is 0 Å². The average molecular weight is 489 g/mol. The largest absolute Gasteiger partial charge is 0.356 e. The first-order valence-corrected chi connectivity index (χ1v) is 8.80. The smallest absolute Gasteiger partial charge is 0.191 e. The summed E-state index contributed by atoms with van der Waals surface area (Å²) in [5.74, 6) is 0.581. The van der Waals surface area contributed by atoms with E-state index in [-0.39, 0.29) is 35.2 Å².